The van der Waals surface area contributed by atoms with Crippen LogP contribution in [0.2, 0.25) is 0 Å². The van der Waals surface area contributed by atoms with Crippen molar-refractivity contribution in [3.05, 3.63) is 29.6 Å². The largest absolute Gasteiger partial charge is 0.416 e. The van der Waals surface area contributed by atoms with Crippen LogP contribution < -0.4 is 0 Å². The summed E-state index contributed by atoms with van der Waals surface area (Å²) in [5.74, 6) is 0.501. The van der Waals surface area contributed by atoms with Crippen molar-refractivity contribution in [1.29, 1.82) is 0 Å². The third kappa shape index (κ3) is 3.26. The molecule has 1 aliphatic rings. The summed E-state index contributed by atoms with van der Waals surface area (Å²) in [6.45, 7) is 2.13. The molecule has 1 atom stereocenters. The van der Waals surface area contributed by atoms with Crippen LogP contribution in [0.1, 0.15) is 49.8 Å². The molecule has 1 N–H and O–H groups in total. The smallest absolute Gasteiger partial charge is 0.388 e. The van der Waals surface area contributed by atoms with Crippen molar-refractivity contribution >= 4 is 0 Å². The molecule has 2 nitrogen and oxygen atoms in total. The fourth-order valence-corrected chi connectivity index (χ4v) is 2.76. The first-order chi connectivity index (χ1) is 8.89. The van der Waals surface area contributed by atoms with Gasteiger partial charge in [-0.25, -0.2) is 0 Å². The summed E-state index contributed by atoms with van der Waals surface area (Å²) < 4.78 is 38.7. The fraction of sp³-hybridized carbons (Fsp3) is 0.643. The van der Waals surface area contributed by atoms with Gasteiger partial charge in [-0.05, 0) is 30.7 Å². The standard InChI is InChI=1S/C14H18F3NO/c1-9-2-4-10(5-3-9)13(19)11-8-18-7-6-12(11)14(15,16)17/h6-10,13,19H,2-5H2,1H3. The van der Waals surface area contributed by atoms with Gasteiger partial charge in [0.15, 0.2) is 0 Å². The molecule has 1 aromatic heterocycles. The van der Waals surface area contributed by atoms with E-state index in [1.54, 1.807) is 0 Å². The van der Waals surface area contributed by atoms with Gasteiger partial charge in [-0.2, -0.15) is 13.2 Å². The van der Waals surface area contributed by atoms with Crippen LogP contribution in [0, 0.1) is 11.8 Å². The highest BCUT2D eigenvalue weighted by Gasteiger charge is 2.37. The van der Waals surface area contributed by atoms with Gasteiger partial charge in [-0.15, -0.1) is 0 Å². The molecule has 106 valence electrons. The predicted molar refractivity (Wildman–Crippen MR) is 65.3 cm³/mol. The first-order valence-corrected chi connectivity index (χ1v) is 6.58. The number of halogens is 3. The second-order valence-electron chi connectivity index (χ2n) is 5.43. The summed E-state index contributed by atoms with van der Waals surface area (Å²) in [7, 11) is 0. The minimum absolute atomic E-state index is 0.0884. The van der Waals surface area contributed by atoms with Gasteiger partial charge in [-0.3, -0.25) is 4.98 Å². The molecular formula is C14H18F3NO. The number of nitrogens with zero attached hydrogens (tertiary/aromatic N) is 1. The average Bonchev–Trinajstić information content (AvgIpc) is 2.38. The van der Waals surface area contributed by atoms with Gasteiger partial charge in [0, 0.05) is 18.0 Å². The molecule has 0 aliphatic heterocycles. The van der Waals surface area contributed by atoms with Crippen LogP contribution in [0.5, 0.6) is 0 Å². The number of hydrogen-bond donors (Lipinski definition) is 1. The van der Waals surface area contributed by atoms with E-state index in [0.29, 0.717) is 5.92 Å². The molecule has 1 unspecified atom stereocenters. The molecule has 0 bridgehead atoms. The van der Waals surface area contributed by atoms with Crippen LogP contribution >= 0.6 is 0 Å². The quantitative estimate of drug-likeness (QED) is 0.884. The Hall–Kier alpha value is -1.10. The van der Waals surface area contributed by atoms with Gasteiger partial charge in [0.25, 0.3) is 0 Å². The van der Waals surface area contributed by atoms with E-state index in [0.717, 1.165) is 44.1 Å². The molecule has 0 radical (unpaired) electrons. The minimum atomic E-state index is -4.44. The van der Waals surface area contributed by atoms with Crippen molar-refractivity contribution in [2.75, 3.05) is 0 Å². The van der Waals surface area contributed by atoms with Crippen LogP contribution in [0.3, 0.4) is 0 Å². The van der Waals surface area contributed by atoms with Crippen molar-refractivity contribution in [3.63, 3.8) is 0 Å². The zero-order chi connectivity index (χ0) is 14.0. The average molecular weight is 273 g/mol. The molecule has 1 aromatic rings. The SMILES string of the molecule is CC1CCC(C(O)c2cnccc2C(F)(F)F)CC1. The Morgan fingerprint density at radius 1 is 1.26 bits per heavy atom. The summed E-state index contributed by atoms with van der Waals surface area (Å²) >= 11 is 0. The predicted octanol–water partition coefficient (Wildman–Crippen LogP) is 3.96. The lowest BCUT2D eigenvalue weighted by molar-refractivity contribution is -0.139. The van der Waals surface area contributed by atoms with Crippen molar-refractivity contribution in [3.8, 4) is 0 Å². The first-order valence-electron chi connectivity index (χ1n) is 6.58. The number of alkyl halides is 3. The maximum atomic E-state index is 12.9. The molecule has 0 saturated heterocycles. The topological polar surface area (TPSA) is 33.1 Å². The van der Waals surface area contributed by atoms with Gasteiger partial charge in [0.2, 0.25) is 0 Å². The Balaban J connectivity index is 2.22. The molecule has 0 spiro atoms. The molecule has 5 heteroatoms. The van der Waals surface area contributed by atoms with Gasteiger partial charge in [0.05, 0.1) is 11.7 Å². The zero-order valence-electron chi connectivity index (χ0n) is 10.8. The van der Waals surface area contributed by atoms with Gasteiger partial charge >= 0.3 is 6.18 Å². The van der Waals surface area contributed by atoms with E-state index >= 15 is 0 Å². The van der Waals surface area contributed by atoms with Gasteiger partial charge in [0.1, 0.15) is 0 Å². The van der Waals surface area contributed by atoms with Crippen molar-refractivity contribution in [2.24, 2.45) is 11.8 Å². The monoisotopic (exact) mass is 273 g/mol. The van der Waals surface area contributed by atoms with E-state index in [9.17, 15) is 18.3 Å². The Labute approximate surface area is 110 Å². The third-order valence-electron chi connectivity index (χ3n) is 3.98. The van der Waals surface area contributed by atoms with Crippen molar-refractivity contribution < 1.29 is 18.3 Å². The summed E-state index contributed by atoms with van der Waals surface area (Å²) in [4.78, 5) is 3.73. The van der Waals surface area contributed by atoms with E-state index < -0.39 is 17.8 Å². The van der Waals surface area contributed by atoms with Crippen LogP contribution in [0.4, 0.5) is 13.2 Å². The third-order valence-corrected chi connectivity index (χ3v) is 3.98. The number of pyridine rings is 1. The van der Waals surface area contributed by atoms with Crippen molar-refractivity contribution in [1.82, 2.24) is 4.98 Å². The number of hydrogen-bond acceptors (Lipinski definition) is 2. The highest BCUT2D eigenvalue weighted by atomic mass is 19.4. The zero-order valence-corrected chi connectivity index (χ0v) is 10.8. The Morgan fingerprint density at radius 2 is 1.89 bits per heavy atom. The fourth-order valence-electron chi connectivity index (χ4n) is 2.76. The second kappa shape index (κ2) is 5.49. The molecule has 0 aromatic carbocycles. The van der Waals surface area contributed by atoms with Crippen molar-refractivity contribution in [2.45, 2.75) is 44.9 Å². The number of aliphatic hydroxyl groups excluding tert-OH is 1. The molecule has 19 heavy (non-hydrogen) atoms. The highest BCUT2D eigenvalue weighted by Crippen LogP contribution is 2.41. The molecule has 0 amide bonds. The Bertz CT molecular complexity index is 425. The normalized spacial score (nSPS) is 26.2. The van der Waals surface area contributed by atoms with E-state index in [2.05, 4.69) is 11.9 Å². The molecule has 1 aliphatic carbocycles. The lowest BCUT2D eigenvalue weighted by atomic mass is 9.78. The van der Waals surface area contributed by atoms with E-state index in [1.807, 2.05) is 0 Å². The summed E-state index contributed by atoms with van der Waals surface area (Å²) in [6.07, 6.45) is 0.211. The Morgan fingerprint density at radius 3 is 2.47 bits per heavy atom. The van der Waals surface area contributed by atoms with Crippen LogP contribution in [-0.4, -0.2) is 10.1 Å². The minimum Gasteiger partial charge on any atom is -0.388 e. The maximum Gasteiger partial charge on any atom is 0.416 e. The van der Waals surface area contributed by atoms with Gasteiger partial charge in [-0.1, -0.05) is 19.8 Å². The van der Waals surface area contributed by atoms with E-state index in [1.165, 1.54) is 0 Å². The van der Waals surface area contributed by atoms with E-state index in [-0.39, 0.29) is 11.5 Å². The van der Waals surface area contributed by atoms with Crippen LogP contribution in [-0.2, 0) is 6.18 Å². The van der Waals surface area contributed by atoms with E-state index in [4.69, 9.17) is 0 Å². The molecule has 1 heterocycles. The Kier molecular flexibility index (Phi) is 4.13. The number of aliphatic hydroxyl groups is 1. The lowest BCUT2D eigenvalue weighted by Crippen LogP contribution is -2.22. The summed E-state index contributed by atoms with van der Waals surface area (Å²) in [5.41, 5.74) is -0.858. The summed E-state index contributed by atoms with van der Waals surface area (Å²) in [5, 5.41) is 10.2. The lowest BCUT2D eigenvalue weighted by Gasteiger charge is -2.30. The number of aromatic nitrogens is 1. The van der Waals surface area contributed by atoms with Crippen LogP contribution in [0.25, 0.3) is 0 Å². The first kappa shape index (κ1) is 14.3. The second-order valence-corrected chi connectivity index (χ2v) is 5.43. The number of rotatable bonds is 2. The molecule has 2 rings (SSSR count). The van der Waals surface area contributed by atoms with Crippen LogP contribution in [0.15, 0.2) is 18.5 Å². The molecule has 1 fully saturated rings. The summed E-state index contributed by atoms with van der Waals surface area (Å²) in [6, 6.07) is 0.935. The molecular weight excluding hydrogens is 255 g/mol. The molecule has 1 saturated carbocycles. The highest BCUT2D eigenvalue weighted by molar-refractivity contribution is 5.28. The van der Waals surface area contributed by atoms with Gasteiger partial charge < -0.3 is 5.11 Å². The maximum absolute atomic E-state index is 12.9.